The Kier molecular flexibility index (Phi) is 5.95. The highest BCUT2D eigenvalue weighted by molar-refractivity contribution is 7.85. The van der Waals surface area contributed by atoms with Gasteiger partial charge in [-0.2, -0.15) is 13.2 Å². The van der Waals surface area contributed by atoms with Crippen molar-refractivity contribution in [1.82, 2.24) is 0 Å². The van der Waals surface area contributed by atoms with E-state index in [1.807, 2.05) is 4.90 Å². The summed E-state index contributed by atoms with van der Waals surface area (Å²) in [6.07, 6.45) is -3.27. The average Bonchev–Trinajstić information content (AvgIpc) is 2.46. The topological polar surface area (TPSA) is 79.0 Å². The summed E-state index contributed by atoms with van der Waals surface area (Å²) in [7, 11) is -4.19. The van der Waals surface area contributed by atoms with Crippen LogP contribution in [-0.4, -0.2) is 51.4 Å². The third kappa shape index (κ3) is 5.47. The quantitative estimate of drug-likeness (QED) is 0.709. The van der Waals surface area contributed by atoms with Gasteiger partial charge in [-0.3, -0.25) is 0 Å². The van der Waals surface area contributed by atoms with Gasteiger partial charge in [0.1, 0.15) is 37.4 Å². The second-order valence-electron chi connectivity index (χ2n) is 5.69. The molecule has 0 atom stereocenters. The highest BCUT2D eigenvalue weighted by Crippen LogP contribution is 2.31. The Morgan fingerprint density at radius 3 is 2.46 bits per heavy atom. The van der Waals surface area contributed by atoms with E-state index in [1.165, 1.54) is 0 Å². The molecule has 0 bridgehead atoms. The van der Waals surface area contributed by atoms with Crippen molar-refractivity contribution < 1.29 is 36.0 Å². The maximum atomic E-state index is 12.6. The van der Waals surface area contributed by atoms with Crippen molar-refractivity contribution in [2.45, 2.75) is 12.6 Å². The van der Waals surface area contributed by atoms with Crippen LogP contribution in [0.25, 0.3) is 0 Å². The Labute approximate surface area is 143 Å². The number of pyridine rings is 1. The van der Waals surface area contributed by atoms with Crippen LogP contribution in [0.3, 0.4) is 0 Å². The number of halogens is 4. The van der Waals surface area contributed by atoms with E-state index in [2.05, 4.69) is 4.98 Å². The number of hydrogen-bond acceptors (Lipinski definition) is 4. The molecule has 6 nitrogen and oxygen atoms in total. The van der Waals surface area contributed by atoms with Gasteiger partial charge in [0.15, 0.2) is 0 Å². The number of nitrogens with one attached hydrogen (secondary N) is 2. The van der Waals surface area contributed by atoms with Crippen molar-refractivity contribution in [2.24, 2.45) is 0 Å². The molecule has 0 spiro atoms. The first-order valence-electron chi connectivity index (χ1n) is 7.37. The molecular weight excluding hydrogens is 371 g/mol. The molecule has 1 fully saturated rings. The number of nitrogens with zero attached hydrogens (tertiary/aromatic N) is 1. The number of piperazine rings is 1. The van der Waals surface area contributed by atoms with E-state index in [0.29, 0.717) is 45.0 Å². The van der Waals surface area contributed by atoms with E-state index in [-0.39, 0.29) is 10.8 Å². The molecule has 2 rings (SSSR count). The Bertz CT molecular complexity index is 677. The van der Waals surface area contributed by atoms with E-state index in [4.69, 9.17) is 11.6 Å². The number of quaternary nitrogens is 1. The fourth-order valence-electron chi connectivity index (χ4n) is 2.66. The lowest BCUT2D eigenvalue weighted by Crippen LogP contribution is -3.15. The molecule has 11 heteroatoms. The van der Waals surface area contributed by atoms with Gasteiger partial charge in [-0.1, -0.05) is 11.6 Å². The molecule has 0 radical (unpaired) electrons. The van der Waals surface area contributed by atoms with Crippen LogP contribution in [0.2, 0.25) is 5.02 Å². The average molecular weight is 389 g/mol. The summed E-state index contributed by atoms with van der Waals surface area (Å²) in [5, 5.41) is 0.00530. The number of aromatic amines is 1. The van der Waals surface area contributed by atoms with E-state index in [9.17, 15) is 26.1 Å². The SMILES string of the molecule is O=S(=O)([O-])CCC[NH+]1CCN(c2[nH+]cc(C(F)(F)F)cc2Cl)CC1. The minimum Gasteiger partial charge on any atom is -0.748 e. The van der Waals surface area contributed by atoms with Gasteiger partial charge in [-0.05, 0) is 6.07 Å². The Balaban J connectivity index is 1.90. The molecule has 1 aromatic rings. The molecule has 24 heavy (non-hydrogen) atoms. The van der Waals surface area contributed by atoms with Gasteiger partial charge in [-0.15, -0.1) is 0 Å². The third-order valence-electron chi connectivity index (χ3n) is 3.91. The second kappa shape index (κ2) is 7.42. The van der Waals surface area contributed by atoms with Crippen LogP contribution in [0.15, 0.2) is 12.3 Å². The highest BCUT2D eigenvalue weighted by atomic mass is 35.5. The van der Waals surface area contributed by atoms with E-state index in [0.717, 1.165) is 17.2 Å². The van der Waals surface area contributed by atoms with Gasteiger partial charge in [0, 0.05) is 12.2 Å². The molecule has 1 aromatic heterocycles. The van der Waals surface area contributed by atoms with Crippen LogP contribution in [0, 0.1) is 0 Å². The summed E-state index contributed by atoms with van der Waals surface area (Å²) in [5.41, 5.74) is -0.834. The first-order chi connectivity index (χ1) is 11.1. The number of aromatic nitrogens is 1. The van der Waals surface area contributed by atoms with Gasteiger partial charge < -0.3 is 9.45 Å². The van der Waals surface area contributed by atoms with Crippen molar-refractivity contribution in [3.63, 3.8) is 0 Å². The molecule has 1 aliphatic rings. The van der Waals surface area contributed by atoms with Gasteiger partial charge in [0.2, 0.25) is 0 Å². The Morgan fingerprint density at radius 1 is 1.33 bits per heavy atom. The van der Waals surface area contributed by atoms with Crippen LogP contribution in [0.4, 0.5) is 19.0 Å². The van der Waals surface area contributed by atoms with Crippen molar-refractivity contribution >= 4 is 27.5 Å². The van der Waals surface area contributed by atoms with Crippen molar-refractivity contribution in [1.29, 1.82) is 0 Å². The number of H-pyrrole nitrogens is 1. The third-order valence-corrected chi connectivity index (χ3v) is 4.99. The minimum atomic E-state index is -4.45. The summed E-state index contributed by atoms with van der Waals surface area (Å²) in [6, 6.07) is 0.895. The van der Waals surface area contributed by atoms with Crippen molar-refractivity contribution in [3.05, 3.63) is 22.8 Å². The summed E-state index contributed by atoms with van der Waals surface area (Å²) in [6.45, 7) is 3.08. The molecule has 2 N–H and O–H groups in total. The molecule has 136 valence electrons. The van der Waals surface area contributed by atoms with Gasteiger partial charge >= 0.3 is 6.18 Å². The second-order valence-corrected chi connectivity index (χ2v) is 7.62. The fourth-order valence-corrected chi connectivity index (χ4v) is 3.45. The normalized spacial score (nSPS) is 17.3. The number of hydrogen-bond donors (Lipinski definition) is 1. The number of rotatable bonds is 5. The monoisotopic (exact) mass is 388 g/mol. The van der Waals surface area contributed by atoms with Crippen LogP contribution in [-0.2, 0) is 16.3 Å². The van der Waals surface area contributed by atoms with Gasteiger partial charge in [-0.25, -0.2) is 18.3 Å². The predicted molar refractivity (Wildman–Crippen MR) is 80.0 cm³/mol. The van der Waals surface area contributed by atoms with Crippen molar-refractivity contribution in [3.8, 4) is 0 Å². The zero-order valence-corrected chi connectivity index (χ0v) is 14.3. The molecule has 1 saturated heterocycles. The first-order valence-corrected chi connectivity index (χ1v) is 9.32. The molecule has 0 amide bonds. The molecule has 0 aliphatic carbocycles. The lowest BCUT2D eigenvalue weighted by molar-refractivity contribution is -0.900. The highest BCUT2D eigenvalue weighted by Gasteiger charge is 2.34. The standard InChI is InChI=1S/C13H17ClF3N3O3S/c14-11-8-10(13(15,16)17)9-18-12(11)20-5-3-19(4-6-20)2-1-7-24(21,22)23/h8-9H,1-7H2,(H,21,22,23)/p+1. The summed E-state index contributed by atoms with van der Waals surface area (Å²) in [4.78, 5) is 5.61. The smallest absolute Gasteiger partial charge is 0.419 e. The molecule has 0 aromatic carbocycles. The van der Waals surface area contributed by atoms with Crippen LogP contribution in [0.5, 0.6) is 0 Å². The molecular formula is C13H18ClF3N3O3S+. The summed E-state index contributed by atoms with van der Waals surface area (Å²) in [5.74, 6) is 0.0597. The fraction of sp³-hybridized carbons (Fsp3) is 0.615. The van der Waals surface area contributed by atoms with Crippen LogP contribution in [0.1, 0.15) is 12.0 Å². The number of anilines is 1. The Hall–Kier alpha value is -1.10. The Morgan fingerprint density at radius 2 is 1.96 bits per heavy atom. The van der Waals surface area contributed by atoms with E-state index < -0.39 is 21.9 Å². The minimum absolute atomic E-state index is 0.00530. The first kappa shape index (κ1) is 19.2. The van der Waals surface area contributed by atoms with E-state index >= 15 is 0 Å². The molecule has 2 heterocycles. The van der Waals surface area contributed by atoms with Crippen molar-refractivity contribution in [2.75, 3.05) is 43.4 Å². The number of alkyl halides is 3. The zero-order chi connectivity index (χ0) is 18.0. The maximum Gasteiger partial charge on any atom is 0.419 e. The summed E-state index contributed by atoms with van der Waals surface area (Å²) < 4.78 is 69.6. The molecule has 1 aliphatic heterocycles. The predicted octanol–water partition coefficient (Wildman–Crippen LogP) is -0.187. The lowest BCUT2D eigenvalue weighted by Gasteiger charge is -2.28. The molecule has 0 saturated carbocycles. The summed E-state index contributed by atoms with van der Waals surface area (Å²) >= 11 is 5.96. The molecule has 0 unspecified atom stereocenters. The maximum absolute atomic E-state index is 12.6. The van der Waals surface area contributed by atoms with Crippen LogP contribution >= 0.6 is 11.6 Å². The lowest BCUT2D eigenvalue weighted by atomic mass is 10.2. The zero-order valence-electron chi connectivity index (χ0n) is 12.7. The van der Waals surface area contributed by atoms with E-state index in [1.54, 1.807) is 0 Å². The van der Waals surface area contributed by atoms with Crippen LogP contribution < -0.4 is 14.8 Å². The largest absolute Gasteiger partial charge is 0.748 e. The van der Waals surface area contributed by atoms with Gasteiger partial charge in [0.25, 0.3) is 5.82 Å². The van der Waals surface area contributed by atoms with Gasteiger partial charge in [0.05, 0.1) is 22.2 Å².